The first-order valence-electron chi connectivity index (χ1n) is 7.54. The first-order valence-corrected chi connectivity index (χ1v) is 8.33. The van der Waals surface area contributed by atoms with Crippen molar-refractivity contribution in [3.05, 3.63) is 40.6 Å². The maximum atomic E-state index is 12.6. The van der Waals surface area contributed by atoms with Gasteiger partial charge in [-0.05, 0) is 18.2 Å². The molecule has 2 rings (SSSR count). The molecule has 1 aromatic rings. The first-order chi connectivity index (χ1) is 11.5. The van der Waals surface area contributed by atoms with Gasteiger partial charge >= 0.3 is 12.0 Å². The number of hydrogen-bond donors (Lipinski definition) is 0. The average Bonchev–Trinajstić information content (AvgIpc) is 2.55. The van der Waals surface area contributed by atoms with E-state index in [4.69, 9.17) is 4.74 Å². The topological polar surface area (TPSA) is 32.8 Å². The second-order valence-corrected chi connectivity index (χ2v) is 6.29. The maximum absolute atomic E-state index is 12.6. The van der Waals surface area contributed by atoms with Gasteiger partial charge in [-0.25, -0.2) is 4.39 Å². The summed E-state index contributed by atoms with van der Waals surface area (Å²) in [6.07, 6.45) is -2.96. The van der Waals surface area contributed by atoms with E-state index >= 15 is 0 Å². The lowest BCUT2D eigenvalue weighted by atomic mass is 10.2. The van der Waals surface area contributed by atoms with Crippen LogP contribution in [-0.2, 0) is 9.53 Å². The van der Waals surface area contributed by atoms with Crippen LogP contribution >= 0.6 is 15.9 Å². The Bertz CT molecular complexity index is 601. The van der Waals surface area contributed by atoms with Crippen molar-refractivity contribution in [3.63, 3.8) is 0 Å². The summed E-state index contributed by atoms with van der Waals surface area (Å²) in [5.74, 6) is -2.07. The van der Waals surface area contributed by atoms with Gasteiger partial charge in [-0.15, -0.1) is 0 Å². The van der Waals surface area contributed by atoms with Crippen molar-refractivity contribution >= 4 is 27.6 Å². The number of carbonyl (C=O) groups excluding carboxylic acids is 1. The van der Waals surface area contributed by atoms with Gasteiger partial charge in [0, 0.05) is 42.8 Å². The lowest BCUT2D eigenvalue weighted by Crippen LogP contribution is -2.48. The van der Waals surface area contributed by atoms with Crippen molar-refractivity contribution in [2.45, 2.75) is 6.42 Å². The third kappa shape index (κ3) is 5.83. The summed E-state index contributed by atoms with van der Waals surface area (Å²) < 4.78 is 42.1. The molecule has 1 saturated heterocycles. The zero-order valence-corrected chi connectivity index (χ0v) is 14.6. The quantitative estimate of drug-likeness (QED) is 0.675. The number of ether oxygens (including phenoxy) is 1. The Kier molecular flexibility index (Phi) is 7.11. The molecular weight excluding hydrogens is 389 g/mol. The summed E-state index contributed by atoms with van der Waals surface area (Å²) >= 11 is 3.44. The highest BCUT2D eigenvalue weighted by atomic mass is 79.9. The molecule has 0 aromatic heterocycles. The molecular formula is C16H18BrF3N2O2. The highest BCUT2D eigenvalue weighted by molar-refractivity contribution is 9.10. The molecule has 0 spiro atoms. The van der Waals surface area contributed by atoms with Crippen molar-refractivity contribution in [1.82, 2.24) is 4.90 Å². The number of nitrogens with zero attached hydrogens (tertiary/aromatic N) is 2. The molecule has 0 amide bonds. The number of anilines is 1. The largest absolute Gasteiger partial charge is 0.464 e. The second-order valence-electron chi connectivity index (χ2n) is 5.38. The van der Waals surface area contributed by atoms with E-state index in [-0.39, 0.29) is 13.2 Å². The number of esters is 1. The van der Waals surface area contributed by atoms with Gasteiger partial charge in [-0.1, -0.05) is 22.0 Å². The van der Waals surface area contributed by atoms with Gasteiger partial charge in [0.2, 0.25) is 0 Å². The number of halogens is 4. The molecule has 1 aromatic carbocycles. The monoisotopic (exact) mass is 406 g/mol. The molecule has 1 aliphatic heterocycles. The van der Waals surface area contributed by atoms with Crippen molar-refractivity contribution < 1.29 is 22.7 Å². The molecule has 0 atom stereocenters. The molecule has 132 valence electrons. The van der Waals surface area contributed by atoms with Crippen LogP contribution in [0.3, 0.4) is 0 Å². The van der Waals surface area contributed by atoms with Gasteiger partial charge in [0.1, 0.15) is 0 Å². The Morgan fingerprint density at radius 3 is 2.50 bits per heavy atom. The van der Waals surface area contributed by atoms with Crippen LogP contribution in [0.4, 0.5) is 18.9 Å². The average molecular weight is 407 g/mol. The zero-order valence-electron chi connectivity index (χ0n) is 13.0. The fourth-order valence-electron chi connectivity index (χ4n) is 2.41. The van der Waals surface area contributed by atoms with E-state index in [9.17, 15) is 18.0 Å². The molecule has 0 aliphatic carbocycles. The van der Waals surface area contributed by atoms with Crippen molar-refractivity contribution in [1.29, 1.82) is 0 Å². The first kappa shape index (κ1) is 18.8. The minimum atomic E-state index is -2.37. The normalized spacial score (nSPS) is 15.2. The Morgan fingerprint density at radius 1 is 1.17 bits per heavy atom. The molecule has 0 saturated carbocycles. The van der Waals surface area contributed by atoms with Gasteiger partial charge in [0.25, 0.3) is 0 Å². The maximum Gasteiger partial charge on any atom is 0.320 e. The van der Waals surface area contributed by atoms with Crippen LogP contribution in [0.5, 0.6) is 0 Å². The van der Waals surface area contributed by atoms with E-state index < -0.39 is 24.3 Å². The van der Waals surface area contributed by atoms with Crippen LogP contribution in [0.2, 0.25) is 0 Å². The van der Waals surface area contributed by atoms with E-state index in [1.54, 1.807) is 0 Å². The summed E-state index contributed by atoms with van der Waals surface area (Å²) in [5, 5.41) is 0. The molecule has 24 heavy (non-hydrogen) atoms. The number of piperazine rings is 1. The number of benzene rings is 1. The lowest BCUT2D eigenvalue weighted by molar-refractivity contribution is -0.145. The molecule has 1 aliphatic rings. The van der Waals surface area contributed by atoms with E-state index in [2.05, 4.69) is 20.8 Å². The number of rotatable bonds is 6. The lowest BCUT2D eigenvalue weighted by Gasteiger charge is -2.35. The van der Waals surface area contributed by atoms with Crippen LogP contribution in [0.1, 0.15) is 6.42 Å². The van der Waals surface area contributed by atoms with Crippen LogP contribution in [0.25, 0.3) is 0 Å². The summed E-state index contributed by atoms with van der Waals surface area (Å²) in [6.45, 7) is 2.63. The molecule has 0 N–H and O–H groups in total. The minimum Gasteiger partial charge on any atom is -0.464 e. The van der Waals surface area contributed by atoms with Crippen molar-refractivity contribution in [3.8, 4) is 0 Å². The van der Waals surface area contributed by atoms with Gasteiger partial charge in [-0.2, -0.15) is 8.78 Å². The number of carbonyl (C=O) groups is 1. The minimum absolute atomic E-state index is 0.0791. The predicted molar refractivity (Wildman–Crippen MR) is 88.7 cm³/mol. The Labute approximate surface area is 147 Å². The molecule has 8 heteroatoms. The SMILES string of the molecule is O=C(CN1CCN(c2cccc(Br)c2)CC1)OCCC(F)=C(F)F. The van der Waals surface area contributed by atoms with Crippen molar-refractivity contribution in [2.24, 2.45) is 0 Å². The van der Waals surface area contributed by atoms with Crippen LogP contribution in [0.15, 0.2) is 40.6 Å². The highest BCUT2D eigenvalue weighted by Crippen LogP contribution is 2.21. The molecule has 0 unspecified atom stereocenters. The smallest absolute Gasteiger partial charge is 0.320 e. The van der Waals surface area contributed by atoms with E-state index in [0.29, 0.717) is 13.1 Å². The highest BCUT2D eigenvalue weighted by Gasteiger charge is 2.20. The Hall–Kier alpha value is -1.54. The molecule has 0 bridgehead atoms. The van der Waals surface area contributed by atoms with Gasteiger partial charge < -0.3 is 9.64 Å². The summed E-state index contributed by atoms with van der Waals surface area (Å²) in [7, 11) is 0. The molecule has 4 nitrogen and oxygen atoms in total. The molecule has 1 fully saturated rings. The zero-order chi connectivity index (χ0) is 17.5. The molecule has 0 radical (unpaired) electrons. The van der Waals surface area contributed by atoms with Crippen LogP contribution in [-0.4, -0.2) is 50.2 Å². The van der Waals surface area contributed by atoms with Gasteiger partial charge in [0.15, 0.2) is 5.83 Å². The Balaban J connectivity index is 1.71. The standard InChI is InChI=1S/C16H18BrF3N2O2/c17-12-2-1-3-13(10-12)22-7-5-21(6-8-22)11-15(23)24-9-4-14(18)16(19)20/h1-3,10H,4-9,11H2. The predicted octanol–water partition coefficient (Wildman–Crippen LogP) is 3.58. The van der Waals surface area contributed by atoms with Crippen molar-refractivity contribution in [2.75, 3.05) is 44.2 Å². The van der Waals surface area contributed by atoms with E-state index in [1.807, 2.05) is 29.2 Å². The van der Waals surface area contributed by atoms with Crippen LogP contribution < -0.4 is 4.90 Å². The van der Waals surface area contributed by atoms with Crippen LogP contribution in [0, 0.1) is 0 Å². The van der Waals surface area contributed by atoms with Gasteiger partial charge in [-0.3, -0.25) is 9.69 Å². The third-order valence-electron chi connectivity index (χ3n) is 3.69. The van der Waals surface area contributed by atoms with E-state index in [1.165, 1.54) is 0 Å². The third-order valence-corrected chi connectivity index (χ3v) is 4.18. The fraction of sp³-hybridized carbons (Fsp3) is 0.438. The number of hydrogen-bond acceptors (Lipinski definition) is 4. The summed E-state index contributed by atoms with van der Waals surface area (Å²) in [6, 6.07) is 8.00. The van der Waals surface area contributed by atoms with E-state index in [0.717, 1.165) is 23.2 Å². The fourth-order valence-corrected chi connectivity index (χ4v) is 2.80. The van der Waals surface area contributed by atoms with Gasteiger partial charge in [0.05, 0.1) is 13.2 Å². The molecule has 1 heterocycles. The Morgan fingerprint density at radius 2 is 1.88 bits per heavy atom. The second kappa shape index (κ2) is 9.08. The summed E-state index contributed by atoms with van der Waals surface area (Å²) in [5.41, 5.74) is 1.11. The summed E-state index contributed by atoms with van der Waals surface area (Å²) in [4.78, 5) is 15.8.